The molecule has 4 aromatic rings. The van der Waals surface area contributed by atoms with Crippen LogP contribution in [0.4, 0.5) is 0 Å². The number of esters is 1. The summed E-state index contributed by atoms with van der Waals surface area (Å²) in [6.07, 6.45) is 0. The van der Waals surface area contributed by atoms with Crippen molar-refractivity contribution in [2.75, 3.05) is 6.61 Å². The van der Waals surface area contributed by atoms with Gasteiger partial charge in [-0.15, -0.1) is 5.10 Å². The van der Waals surface area contributed by atoms with E-state index in [4.69, 9.17) is 9.15 Å². The lowest BCUT2D eigenvalue weighted by Gasteiger charge is -2.07. The fourth-order valence-corrected chi connectivity index (χ4v) is 2.58. The van der Waals surface area contributed by atoms with Crippen LogP contribution in [0.3, 0.4) is 0 Å². The van der Waals surface area contributed by atoms with E-state index in [0.717, 1.165) is 0 Å². The molecule has 8 heteroatoms. The molecule has 0 radical (unpaired) electrons. The fourth-order valence-electron chi connectivity index (χ4n) is 2.58. The Morgan fingerprint density at radius 3 is 2.96 bits per heavy atom. The van der Waals surface area contributed by atoms with Crippen LogP contribution in [-0.4, -0.2) is 32.6 Å². The van der Waals surface area contributed by atoms with Crippen LogP contribution in [0.5, 0.6) is 0 Å². The minimum Gasteiger partial charge on any atom is -0.462 e. The van der Waals surface area contributed by atoms with Crippen LogP contribution in [0.2, 0.25) is 0 Å². The molecule has 4 rings (SSSR count). The highest BCUT2D eigenvalue weighted by Crippen LogP contribution is 2.25. The van der Waals surface area contributed by atoms with E-state index >= 15 is 0 Å². The number of hydrogen-bond acceptors (Lipinski definition) is 7. The molecule has 0 spiro atoms. The van der Waals surface area contributed by atoms with Crippen molar-refractivity contribution in [1.29, 1.82) is 0 Å². The number of fused-ring (bicyclic) bond motifs is 5. The Bertz CT molecular complexity index is 1130. The highest BCUT2D eigenvalue weighted by atomic mass is 16.5. The number of tetrazole rings is 1. The van der Waals surface area contributed by atoms with E-state index in [9.17, 15) is 9.59 Å². The predicted molar refractivity (Wildman–Crippen MR) is 80.3 cm³/mol. The molecule has 0 unspecified atom stereocenters. The van der Waals surface area contributed by atoms with Gasteiger partial charge in [-0.3, -0.25) is 0 Å². The maximum absolute atomic E-state index is 12.3. The van der Waals surface area contributed by atoms with Crippen molar-refractivity contribution in [2.45, 2.75) is 6.92 Å². The molecule has 3 heterocycles. The van der Waals surface area contributed by atoms with E-state index in [0.29, 0.717) is 16.5 Å². The van der Waals surface area contributed by atoms with Gasteiger partial charge in [-0.05, 0) is 35.5 Å². The molecular weight excluding hydrogens is 300 g/mol. The van der Waals surface area contributed by atoms with Crippen LogP contribution in [0, 0.1) is 0 Å². The van der Waals surface area contributed by atoms with Crippen molar-refractivity contribution in [1.82, 2.24) is 20.0 Å². The van der Waals surface area contributed by atoms with Crippen LogP contribution >= 0.6 is 0 Å². The summed E-state index contributed by atoms with van der Waals surface area (Å²) in [7, 11) is 0. The number of rotatable bonds is 2. The van der Waals surface area contributed by atoms with Gasteiger partial charge in [0, 0.05) is 5.39 Å². The first-order valence-corrected chi connectivity index (χ1v) is 6.94. The van der Waals surface area contributed by atoms with E-state index in [2.05, 4.69) is 15.5 Å². The summed E-state index contributed by atoms with van der Waals surface area (Å²) in [4.78, 5) is 24.4. The first-order valence-electron chi connectivity index (χ1n) is 6.94. The topological polar surface area (TPSA) is 99.6 Å². The molecule has 3 aromatic heterocycles. The number of carbonyl (C=O) groups excluding carboxylic acids is 1. The number of nitrogens with zero attached hydrogens (tertiary/aromatic N) is 4. The van der Waals surface area contributed by atoms with Gasteiger partial charge in [-0.25, -0.2) is 9.59 Å². The molecule has 0 aliphatic heterocycles. The number of benzene rings is 1. The van der Waals surface area contributed by atoms with Gasteiger partial charge in [0.05, 0.1) is 17.5 Å². The molecule has 0 bridgehead atoms. The third-order valence-corrected chi connectivity index (χ3v) is 3.53. The van der Waals surface area contributed by atoms with Crippen molar-refractivity contribution in [3.63, 3.8) is 0 Å². The molecular formula is C15H10N4O4. The Hall–Kier alpha value is -3.29. The Balaban J connectivity index is 2.23. The van der Waals surface area contributed by atoms with Crippen molar-refractivity contribution in [3.05, 3.63) is 46.3 Å². The molecule has 0 aliphatic rings. The van der Waals surface area contributed by atoms with Crippen LogP contribution in [0.1, 0.15) is 17.3 Å². The summed E-state index contributed by atoms with van der Waals surface area (Å²) < 4.78 is 11.7. The molecule has 1 aromatic carbocycles. The molecule has 114 valence electrons. The summed E-state index contributed by atoms with van der Waals surface area (Å²) in [6.45, 7) is 1.90. The number of para-hydroxylation sites is 1. The first kappa shape index (κ1) is 13.4. The van der Waals surface area contributed by atoms with Gasteiger partial charge in [-0.2, -0.15) is 4.52 Å². The third-order valence-electron chi connectivity index (χ3n) is 3.53. The Morgan fingerprint density at radius 1 is 1.30 bits per heavy atom. The van der Waals surface area contributed by atoms with E-state index in [1.165, 1.54) is 10.6 Å². The van der Waals surface area contributed by atoms with Crippen molar-refractivity contribution in [2.24, 2.45) is 0 Å². The first-order chi connectivity index (χ1) is 11.2. The minimum atomic E-state index is -0.596. The van der Waals surface area contributed by atoms with E-state index in [1.807, 2.05) is 6.07 Å². The summed E-state index contributed by atoms with van der Waals surface area (Å²) in [5, 5.41) is 12.3. The van der Waals surface area contributed by atoms with Gasteiger partial charge < -0.3 is 9.15 Å². The van der Waals surface area contributed by atoms with Crippen molar-refractivity contribution in [3.8, 4) is 0 Å². The Labute approximate surface area is 128 Å². The lowest BCUT2D eigenvalue weighted by Crippen LogP contribution is -2.11. The van der Waals surface area contributed by atoms with Crippen LogP contribution < -0.4 is 5.63 Å². The molecule has 0 saturated carbocycles. The fraction of sp³-hybridized carbons (Fsp3) is 0.133. The number of ether oxygens (including phenoxy) is 1. The molecule has 0 N–H and O–H groups in total. The number of carbonyl (C=O) groups is 1. The smallest absolute Gasteiger partial charge is 0.345 e. The molecule has 0 fully saturated rings. The van der Waals surface area contributed by atoms with Crippen LogP contribution in [-0.2, 0) is 4.74 Å². The van der Waals surface area contributed by atoms with Crippen LogP contribution in [0.25, 0.3) is 27.5 Å². The average molecular weight is 310 g/mol. The standard InChI is InChI=1S/C15H10N4O4/c1-2-22-14(20)10-7-9-12(19-13(10)16-17-18-19)8-5-3-4-6-11(8)23-15(9)21/h3-7H,2H2,1H3. The summed E-state index contributed by atoms with van der Waals surface area (Å²) >= 11 is 0. The summed E-state index contributed by atoms with van der Waals surface area (Å²) in [5.74, 6) is -0.596. The molecule has 8 nitrogen and oxygen atoms in total. The summed E-state index contributed by atoms with van der Waals surface area (Å²) in [6, 6.07) is 8.48. The monoisotopic (exact) mass is 310 g/mol. The highest BCUT2D eigenvalue weighted by molar-refractivity contribution is 6.07. The zero-order valence-electron chi connectivity index (χ0n) is 12.0. The zero-order chi connectivity index (χ0) is 16.0. The lowest BCUT2D eigenvalue weighted by atomic mass is 10.1. The highest BCUT2D eigenvalue weighted by Gasteiger charge is 2.20. The lowest BCUT2D eigenvalue weighted by molar-refractivity contribution is 0.0528. The molecule has 0 amide bonds. The van der Waals surface area contributed by atoms with Crippen molar-refractivity contribution < 1.29 is 13.9 Å². The van der Waals surface area contributed by atoms with E-state index in [-0.39, 0.29) is 23.2 Å². The Kier molecular flexibility index (Phi) is 2.83. The molecule has 0 aliphatic carbocycles. The normalized spacial score (nSPS) is 11.3. The minimum absolute atomic E-state index is 0.118. The van der Waals surface area contributed by atoms with Gasteiger partial charge in [0.15, 0.2) is 5.65 Å². The molecule has 0 saturated heterocycles. The number of pyridine rings is 1. The second kappa shape index (κ2) is 4.87. The van der Waals surface area contributed by atoms with Gasteiger partial charge in [0.25, 0.3) is 0 Å². The van der Waals surface area contributed by atoms with Gasteiger partial charge in [0.1, 0.15) is 11.1 Å². The second-order valence-corrected chi connectivity index (χ2v) is 4.84. The summed E-state index contributed by atoms with van der Waals surface area (Å²) in [5.41, 5.74) is 0.691. The largest absolute Gasteiger partial charge is 0.462 e. The second-order valence-electron chi connectivity index (χ2n) is 4.84. The number of hydrogen-bond donors (Lipinski definition) is 0. The average Bonchev–Trinajstić information content (AvgIpc) is 3.03. The van der Waals surface area contributed by atoms with Crippen molar-refractivity contribution >= 4 is 33.5 Å². The molecule has 23 heavy (non-hydrogen) atoms. The van der Waals surface area contributed by atoms with Gasteiger partial charge in [0.2, 0.25) is 0 Å². The molecule has 0 atom stereocenters. The SMILES string of the molecule is CCOC(=O)c1cc2c(=O)oc3ccccc3c2n2nnnc12. The van der Waals surface area contributed by atoms with Crippen LogP contribution in [0.15, 0.2) is 39.5 Å². The van der Waals surface area contributed by atoms with E-state index in [1.54, 1.807) is 25.1 Å². The van der Waals surface area contributed by atoms with Gasteiger partial charge in [-0.1, -0.05) is 12.1 Å². The van der Waals surface area contributed by atoms with Gasteiger partial charge >= 0.3 is 11.6 Å². The Morgan fingerprint density at radius 2 is 2.13 bits per heavy atom. The third kappa shape index (κ3) is 1.88. The maximum Gasteiger partial charge on any atom is 0.345 e. The zero-order valence-corrected chi connectivity index (χ0v) is 12.0. The maximum atomic E-state index is 12.3. The quantitative estimate of drug-likeness (QED) is 0.314. The number of aromatic nitrogens is 4. The van der Waals surface area contributed by atoms with E-state index < -0.39 is 11.6 Å². The predicted octanol–water partition coefficient (Wildman–Crippen LogP) is 1.56.